The van der Waals surface area contributed by atoms with E-state index in [4.69, 9.17) is 11.6 Å². The second-order valence-corrected chi connectivity index (χ2v) is 7.51. The lowest BCUT2D eigenvalue weighted by atomic mass is 10.2. The Morgan fingerprint density at radius 2 is 1.67 bits per heavy atom. The molecule has 0 N–H and O–H groups in total. The van der Waals surface area contributed by atoms with Crippen LogP contribution in [-0.4, -0.2) is 58.0 Å². The van der Waals surface area contributed by atoms with Gasteiger partial charge in [-0.25, -0.2) is 0 Å². The number of anilines is 1. The number of para-hydroxylation sites is 1. The van der Waals surface area contributed by atoms with E-state index in [1.165, 1.54) is 0 Å². The highest BCUT2D eigenvalue weighted by atomic mass is 35.5. The molecule has 1 saturated heterocycles. The second kappa shape index (κ2) is 10.4. The molecule has 0 bridgehead atoms. The predicted molar refractivity (Wildman–Crippen MR) is 118 cm³/mol. The summed E-state index contributed by atoms with van der Waals surface area (Å²) in [6.07, 6.45) is 2.01. The minimum absolute atomic E-state index is 0. The average Bonchev–Trinajstić information content (AvgIpc) is 3.06. The molecule has 1 fully saturated rings. The SMILES string of the molecule is Cl.Cl.Clc1ccccc1N1CCN(CCSc2nnc3ccccn23)CC1. The summed E-state index contributed by atoms with van der Waals surface area (Å²) in [6, 6.07) is 14.1. The molecule has 0 spiro atoms. The molecule has 1 aromatic carbocycles. The lowest BCUT2D eigenvalue weighted by Gasteiger charge is -2.36. The average molecular weight is 447 g/mol. The van der Waals surface area contributed by atoms with Crippen molar-refractivity contribution >= 4 is 59.5 Å². The van der Waals surface area contributed by atoms with Gasteiger partial charge >= 0.3 is 0 Å². The van der Waals surface area contributed by atoms with E-state index in [0.717, 1.165) is 60.0 Å². The zero-order valence-corrected chi connectivity index (χ0v) is 17.9. The highest BCUT2D eigenvalue weighted by Crippen LogP contribution is 2.26. The van der Waals surface area contributed by atoms with Crippen molar-refractivity contribution in [3.05, 3.63) is 53.7 Å². The van der Waals surface area contributed by atoms with Gasteiger partial charge in [-0.15, -0.1) is 35.0 Å². The summed E-state index contributed by atoms with van der Waals surface area (Å²) < 4.78 is 2.04. The third-order valence-corrected chi connectivity index (χ3v) is 5.73. The topological polar surface area (TPSA) is 36.7 Å². The van der Waals surface area contributed by atoms with Gasteiger partial charge in [-0.2, -0.15) is 0 Å². The molecule has 3 aromatic rings. The molecule has 0 radical (unpaired) electrons. The second-order valence-electron chi connectivity index (χ2n) is 6.04. The van der Waals surface area contributed by atoms with Crippen LogP contribution in [0.2, 0.25) is 5.02 Å². The number of fused-ring (bicyclic) bond motifs is 1. The zero-order chi connectivity index (χ0) is 17.1. The van der Waals surface area contributed by atoms with Gasteiger partial charge in [0.25, 0.3) is 0 Å². The van der Waals surface area contributed by atoms with Crippen LogP contribution in [0.25, 0.3) is 5.65 Å². The highest BCUT2D eigenvalue weighted by molar-refractivity contribution is 7.99. The number of pyridine rings is 1. The van der Waals surface area contributed by atoms with E-state index < -0.39 is 0 Å². The van der Waals surface area contributed by atoms with Gasteiger partial charge in [-0.3, -0.25) is 9.30 Å². The largest absolute Gasteiger partial charge is 0.368 e. The van der Waals surface area contributed by atoms with Crippen LogP contribution >= 0.6 is 48.2 Å². The Balaban J connectivity index is 0.00000131. The van der Waals surface area contributed by atoms with Crippen LogP contribution in [-0.2, 0) is 0 Å². The van der Waals surface area contributed by atoms with Gasteiger partial charge in [-0.1, -0.05) is 41.6 Å². The van der Waals surface area contributed by atoms with Gasteiger partial charge in [0.1, 0.15) is 0 Å². The number of hydrogen-bond acceptors (Lipinski definition) is 5. The number of hydrogen-bond donors (Lipinski definition) is 0. The molecule has 146 valence electrons. The molecule has 1 aliphatic rings. The number of nitrogens with zero attached hydrogens (tertiary/aromatic N) is 5. The van der Waals surface area contributed by atoms with Crippen LogP contribution < -0.4 is 4.90 Å². The van der Waals surface area contributed by atoms with Crippen LogP contribution in [0.5, 0.6) is 0 Å². The van der Waals surface area contributed by atoms with Crippen molar-refractivity contribution in [1.82, 2.24) is 19.5 Å². The lowest BCUT2D eigenvalue weighted by Crippen LogP contribution is -2.47. The van der Waals surface area contributed by atoms with Crippen molar-refractivity contribution in [2.75, 3.05) is 43.4 Å². The van der Waals surface area contributed by atoms with E-state index >= 15 is 0 Å². The molecule has 0 atom stereocenters. The number of benzene rings is 1. The maximum atomic E-state index is 6.31. The number of rotatable bonds is 5. The molecule has 4 rings (SSSR count). The normalized spacial score (nSPS) is 14.6. The Kier molecular flexibility index (Phi) is 8.51. The number of aromatic nitrogens is 3. The minimum atomic E-state index is 0. The maximum Gasteiger partial charge on any atom is 0.195 e. The maximum absolute atomic E-state index is 6.31. The highest BCUT2D eigenvalue weighted by Gasteiger charge is 2.18. The summed E-state index contributed by atoms with van der Waals surface area (Å²) in [5, 5.41) is 10.3. The predicted octanol–water partition coefficient (Wildman–Crippen LogP) is 4.14. The molecular formula is C18H22Cl3N5S. The van der Waals surface area contributed by atoms with Crippen molar-refractivity contribution in [2.45, 2.75) is 5.16 Å². The standard InChI is InChI=1S/C18H20ClN5S.2ClH/c19-15-5-1-2-6-16(15)23-11-9-22(10-12-23)13-14-25-18-21-20-17-7-3-4-8-24(17)18;;/h1-8H,9-14H2;2*1H. The van der Waals surface area contributed by atoms with Crippen LogP contribution in [0.1, 0.15) is 0 Å². The summed E-state index contributed by atoms with van der Waals surface area (Å²) in [5.41, 5.74) is 2.05. The van der Waals surface area contributed by atoms with Crippen LogP contribution in [0.4, 0.5) is 5.69 Å². The first-order chi connectivity index (χ1) is 12.3. The van der Waals surface area contributed by atoms with Crippen LogP contribution in [0, 0.1) is 0 Å². The van der Waals surface area contributed by atoms with E-state index in [1.807, 2.05) is 47.0 Å². The van der Waals surface area contributed by atoms with Gasteiger partial charge < -0.3 is 4.90 Å². The summed E-state index contributed by atoms with van der Waals surface area (Å²) in [7, 11) is 0. The number of piperazine rings is 1. The van der Waals surface area contributed by atoms with E-state index in [9.17, 15) is 0 Å². The Morgan fingerprint density at radius 3 is 2.44 bits per heavy atom. The molecule has 0 amide bonds. The fourth-order valence-electron chi connectivity index (χ4n) is 3.10. The monoisotopic (exact) mass is 445 g/mol. The fourth-order valence-corrected chi connectivity index (χ4v) is 4.28. The molecule has 27 heavy (non-hydrogen) atoms. The fraction of sp³-hybridized carbons (Fsp3) is 0.333. The van der Waals surface area contributed by atoms with E-state index in [-0.39, 0.29) is 24.8 Å². The van der Waals surface area contributed by atoms with Gasteiger partial charge in [-0.05, 0) is 24.3 Å². The first kappa shape index (κ1) is 22.1. The summed E-state index contributed by atoms with van der Waals surface area (Å²) in [5.74, 6) is 1.02. The molecule has 0 saturated carbocycles. The van der Waals surface area contributed by atoms with Crippen molar-refractivity contribution in [2.24, 2.45) is 0 Å². The quantitative estimate of drug-likeness (QED) is 0.551. The Morgan fingerprint density at radius 1 is 0.926 bits per heavy atom. The molecule has 2 aromatic heterocycles. The lowest BCUT2D eigenvalue weighted by molar-refractivity contribution is 0.273. The molecular weight excluding hydrogens is 425 g/mol. The van der Waals surface area contributed by atoms with E-state index in [0.29, 0.717) is 0 Å². The third kappa shape index (κ3) is 5.21. The minimum Gasteiger partial charge on any atom is -0.368 e. The Hall–Kier alpha value is -1.18. The molecule has 1 aliphatic heterocycles. The van der Waals surface area contributed by atoms with Crippen LogP contribution in [0.15, 0.2) is 53.8 Å². The molecule has 5 nitrogen and oxygen atoms in total. The van der Waals surface area contributed by atoms with Crippen molar-refractivity contribution in [1.29, 1.82) is 0 Å². The van der Waals surface area contributed by atoms with Crippen molar-refractivity contribution in [3.8, 4) is 0 Å². The smallest absolute Gasteiger partial charge is 0.195 e. The molecule has 0 aliphatic carbocycles. The first-order valence-electron chi connectivity index (χ1n) is 8.46. The van der Waals surface area contributed by atoms with E-state index in [2.05, 4.69) is 26.1 Å². The summed E-state index contributed by atoms with van der Waals surface area (Å²) in [6.45, 7) is 5.21. The summed E-state index contributed by atoms with van der Waals surface area (Å²) in [4.78, 5) is 4.88. The van der Waals surface area contributed by atoms with Crippen LogP contribution in [0.3, 0.4) is 0 Å². The number of thioether (sulfide) groups is 1. The van der Waals surface area contributed by atoms with Gasteiger partial charge in [0.05, 0.1) is 10.7 Å². The first-order valence-corrected chi connectivity index (χ1v) is 9.82. The third-order valence-electron chi connectivity index (χ3n) is 4.49. The number of halogens is 3. The Bertz CT molecular complexity index is 852. The Labute approximate surface area is 180 Å². The zero-order valence-electron chi connectivity index (χ0n) is 14.7. The molecule has 0 unspecified atom stereocenters. The molecule has 9 heteroatoms. The molecule has 3 heterocycles. The van der Waals surface area contributed by atoms with Gasteiger partial charge in [0, 0.05) is 44.7 Å². The van der Waals surface area contributed by atoms with Gasteiger partial charge in [0.2, 0.25) is 0 Å². The van der Waals surface area contributed by atoms with Crippen molar-refractivity contribution < 1.29 is 0 Å². The summed E-state index contributed by atoms with van der Waals surface area (Å²) >= 11 is 8.07. The van der Waals surface area contributed by atoms with Crippen molar-refractivity contribution in [3.63, 3.8) is 0 Å². The van der Waals surface area contributed by atoms with Gasteiger partial charge in [0.15, 0.2) is 10.8 Å². The van der Waals surface area contributed by atoms with E-state index in [1.54, 1.807) is 11.8 Å².